The fourth-order valence-electron chi connectivity index (χ4n) is 1.97. The van der Waals surface area contributed by atoms with Crippen molar-refractivity contribution in [1.82, 2.24) is 10.2 Å². The van der Waals surface area contributed by atoms with Crippen LogP contribution in [0.2, 0.25) is 4.34 Å². The number of nitrogens with zero attached hydrogens (tertiary/aromatic N) is 1. The first-order valence-electron chi connectivity index (χ1n) is 6.02. The second-order valence-electron chi connectivity index (χ2n) is 4.34. The number of hydrogen-bond acceptors (Lipinski definition) is 4. The van der Waals surface area contributed by atoms with E-state index >= 15 is 0 Å². The summed E-state index contributed by atoms with van der Waals surface area (Å²) in [7, 11) is 0. The fraction of sp³-hybridized carbons (Fsp3) is 0.667. The monoisotopic (exact) mass is 274 g/mol. The van der Waals surface area contributed by atoms with Gasteiger partial charge in [-0.1, -0.05) is 11.6 Å². The van der Waals surface area contributed by atoms with Gasteiger partial charge in [0.2, 0.25) is 0 Å². The summed E-state index contributed by atoms with van der Waals surface area (Å²) in [5.41, 5.74) is 0. The summed E-state index contributed by atoms with van der Waals surface area (Å²) in [6, 6.07) is 4.58. The molecule has 2 rings (SSSR count). The van der Waals surface area contributed by atoms with Gasteiger partial charge in [0.05, 0.1) is 17.6 Å². The summed E-state index contributed by atoms with van der Waals surface area (Å²) in [4.78, 5) is 3.77. The molecule has 0 aromatic carbocycles. The highest BCUT2D eigenvalue weighted by molar-refractivity contribution is 7.16. The summed E-state index contributed by atoms with van der Waals surface area (Å²) in [5.74, 6) is 0. The third-order valence-electron chi connectivity index (χ3n) is 3.01. The van der Waals surface area contributed by atoms with Gasteiger partial charge < -0.3 is 10.1 Å². The van der Waals surface area contributed by atoms with Gasteiger partial charge in [-0.15, -0.1) is 11.3 Å². The molecular weight excluding hydrogens is 256 g/mol. The van der Waals surface area contributed by atoms with Crippen molar-refractivity contribution < 1.29 is 4.74 Å². The molecule has 0 bridgehead atoms. The quantitative estimate of drug-likeness (QED) is 0.834. The van der Waals surface area contributed by atoms with Crippen molar-refractivity contribution in [3.63, 3.8) is 0 Å². The van der Waals surface area contributed by atoms with Crippen molar-refractivity contribution in [3.05, 3.63) is 21.3 Å². The first kappa shape index (κ1) is 13.3. The van der Waals surface area contributed by atoms with E-state index in [1.165, 1.54) is 4.88 Å². The SMILES string of the molecule is CC1COCCN1CCNCc1ccc(Cl)s1. The van der Waals surface area contributed by atoms with Crippen molar-refractivity contribution in [2.45, 2.75) is 19.5 Å². The van der Waals surface area contributed by atoms with E-state index in [4.69, 9.17) is 16.3 Å². The van der Waals surface area contributed by atoms with Crippen LogP contribution < -0.4 is 5.32 Å². The number of thiophene rings is 1. The van der Waals surface area contributed by atoms with E-state index in [1.807, 2.05) is 6.07 Å². The Balaban J connectivity index is 1.62. The van der Waals surface area contributed by atoms with E-state index in [2.05, 4.69) is 23.2 Å². The summed E-state index contributed by atoms with van der Waals surface area (Å²) in [6.45, 7) is 8.01. The highest BCUT2D eigenvalue weighted by atomic mass is 35.5. The standard InChI is InChI=1S/C12H19ClN2OS/c1-10-9-16-7-6-15(10)5-4-14-8-11-2-3-12(13)17-11/h2-3,10,14H,4-9H2,1H3. The number of morpholine rings is 1. The Kier molecular flexibility index (Phi) is 5.25. The molecule has 96 valence electrons. The molecule has 1 aromatic heterocycles. The lowest BCUT2D eigenvalue weighted by Crippen LogP contribution is -2.46. The van der Waals surface area contributed by atoms with E-state index in [0.29, 0.717) is 6.04 Å². The molecular formula is C12H19ClN2OS. The minimum Gasteiger partial charge on any atom is -0.379 e. The van der Waals surface area contributed by atoms with Gasteiger partial charge in [0.1, 0.15) is 0 Å². The van der Waals surface area contributed by atoms with Gasteiger partial charge in [-0.3, -0.25) is 4.90 Å². The summed E-state index contributed by atoms with van der Waals surface area (Å²) in [5, 5.41) is 3.45. The number of ether oxygens (including phenoxy) is 1. The average Bonchev–Trinajstić information content (AvgIpc) is 2.73. The number of rotatable bonds is 5. The number of halogens is 1. The Bertz CT molecular complexity index is 345. The highest BCUT2D eigenvalue weighted by Gasteiger charge is 2.17. The molecule has 0 radical (unpaired) electrons. The predicted molar refractivity (Wildman–Crippen MR) is 72.9 cm³/mol. The van der Waals surface area contributed by atoms with Crippen LogP contribution in [0.15, 0.2) is 12.1 Å². The zero-order valence-electron chi connectivity index (χ0n) is 10.1. The second kappa shape index (κ2) is 6.71. The van der Waals surface area contributed by atoms with Crippen molar-refractivity contribution in [2.75, 3.05) is 32.8 Å². The Hall–Kier alpha value is -0.130. The first-order valence-corrected chi connectivity index (χ1v) is 7.22. The Morgan fingerprint density at radius 1 is 1.59 bits per heavy atom. The largest absolute Gasteiger partial charge is 0.379 e. The maximum absolute atomic E-state index is 5.88. The van der Waals surface area contributed by atoms with Crippen molar-refractivity contribution in [3.8, 4) is 0 Å². The normalized spacial score (nSPS) is 21.9. The van der Waals surface area contributed by atoms with Gasteiger partial charge in [-0.05, 0) is 19.1 Å². The van der Waals surface area contributed by atoms with Gasteiger partial charge in [0.15, 0.2) is 0 Å². The molecule has 1 aromatic rings. The van der Waals surface area contributed by atoms with E-state index < -0.39 is 0 Å². The van der Waals surface area contributed by atoms with Gasteiger partial charge >= 0.3 is 0 Å². The van der Waals surface area contributed by atoms with Crippen LogP contribution in [0.3, 0.4) is 0 Å². The van der Waals surface area contributed by atoms with Crippen LogP contribution in [-0.4, -0.2) is 43.8 Å². The lowest BCUT2D eigenvalue weighted by molar-refractivity contribution is 0.000411. The molecule has 3 nitrogen and oxygen atoms in total. The molecule has 1 unspecified atom stereocenters. The molecule has 0 aliphatic carbocycles. The molecule has 5 heteroatoms. The van der Waals surface area contributed by atoms with Crippen molar-refractivity contribution in [2.24, 2.45) is 0 Å². The molecule has 1 fully saturated rings. The topological polar surface area (TPSA) is 24.5 Å². The minimum absolute atomic E-state index is 0.543. The lowest BCUT2D eigenvalue weighted by Gasteiger charge is -2.33. The molecule has 1 aliphatic heterocycles. The van der Waals surface area contributed by atoms with Crippen LogP contribution >= 0.6 is 22.9 Å². The molecule has 0 spiro atoms. The van der Waals surface area contributed by atoms with Crippen molar-refractivity contribution in [1.29, 1.82) is 0 Å². The molecule has 1 saturated heterocycles. The van der Waals surface area contributed by atoms with Gasteiger partial charge in [-0.2, -0.15) is 0 Å². The minimum atomic E-state index is 0.543. The molecule has 2 heterocycles. The maximum Gasteiger partial charge on any atom is 0.0931 e. The molecule has 1 atom stereocenters. The fourth-order valence-corrected chi connectivity index (χ4v) is 3.03. The first-order chi connectivity index (χ1) is 8.25. The van der Waals surface area contributed by atoms with Gasteiger partial charge in [0, 0.05) is 37.1 Å². The van der Waals surface area contributed by atoms with Crippen molar-refractivity contribution >= 4 is 22.9 Å². The third kappa shape index (κ3) is 4.23. The van der Waals surface area contributed by atoms with Crippen LogP contribution in [0.4, 0.5) is 0 Å². The number of nitrogens with one attached hydrogen (secondary N) is 1. The molecule has 1 N–H and O–H groups in total. The summed E-state index contributed by atoms with van der Waals surface area (Å²) in [6.07, 6.45) is 0. The Morgan fingerprint density at radius 3 is 3.18 bits per heavy atom. The van der Waals surface area contributed by atoms with E-state index in [9.17, 15) is 0 Å². The average molecular weight is 275 g/mol. The van der Waals surface area contributed by atoms with Crippen LogP contribution in [0.1, 0.15) is 11.8 Å². The zero-order valence-corrected chi connectivity index (χ0v) is 11.7. The predicted octanol–water partition coefficient (Wildman–Crippen LogP) is 2.21. The van der Waals surface area contributed by atoms with Crippen LogP contribution in [-0.2, 0) is 11.3 Å². The van der Waals surface area contributed by atoms with E-state index in [0.717, 1.165) is 43.7 Å². The van der Waals surface area contributed by atoms with Crippen LogP contribution in [0, 0.1) is 0 Å². The third-order valence-corrected chi connectivity index (χ3v) is 4.24. The smallest absolute Gasteiger partial charge is 0.0931 e. The van der Waals surface area contributed by atoms with E-state index in [-0.39, 0.29) is 0 Å². The Morgan fingerprint density at radius 2 is 2.47 bits per heavy atom. The van der Waals surface area contributed by atoms with Crippen LogP contribution in [0.25, 0.3) is 0 Å². The summed E-state index contributed by atoms with van der Waals surface area (Å²) >= 11 is 7.53. The van der Waals surface area contributed by atoms with Gasteiger partial charge in [-0.25, -0.2) is 0 Å². The molecule has 0 saturated carbocycles. The second-order valence-corrected chi connectivity index (χ2v) is 6.14. The summed E-state index contributed by atoms with van der Waals surface area (Å²) < 4.78 is 6.28. The maximum atomic E-state index is 5.88. The van der Waals surface area contributed by atoms with Gasteiger partial charge in [0.25, 0.3) is 0 Å². The zero-order chi connectivity index (χ0) is 12.1. The Labute approximate surface area is 112 Å². The number of hydrogen-bond donors (Lipinski definition) is 1. The highest BCUT2D eigenvalue weighted by Crippen LogP contribution is 2.20. The molecule has 1 aliphatic rings. The van der Waals surface area contributed by atoms with Crippen LogP contribution in [0.5, 0.6) is 0 Å². The lowest BCUT2D eigenvalue weighted by atomic mass is 10.2. The molecule has 17 heavy (non-hydrogen) atoms. The molecule has 0 amide bonds. The van der Waals surface area contributed by atoms with E-state index in [1.54, 1.807) is 11.3 Å².